The van der Waals surface area contributed by atoms with Crippen molar-refractivity contribution in [2.75, 3.05) is 6.61 Å². The minimum Gasteiger partial charge on any atom is -0.465 e. The van der Waals surface area contributed by atoms with Crippen LogP contribution in [-0.2, 0) is 14.3 Å². The van der Waals surface area contributed by atoms with E-state index in [4.69, 9.17) is 4.74 Å². The summed E-state index contributed by atoms with van der Waals surface area (Å²) < 4.78 is 5.76. The molecule has 3 nitrogen and oxygen atoms in total. The molecule has 4 fully saturated rings. The van der Waals surface area contributed by atoms with E-state index >= 15 is 0 Å². The van der Waals surface area contributed by atoms with E-state index in [0.29, 0.717) is 42.6 Å². The van der Waals surface area contributed by atoms with Gasteiger partial charge >= 0.3 is 5.97 Å². The van der Waals surface area contributed by atoms with Crippen LogP contribution >= 0.6 is 0 Å². The molecule has 4 aliphatic carbocycles. The number of aldehydes is 1. The highest BCUT2D eigenvalue weighted by Crippen LogP contribution is 2.76. The van der Waals surface area contributed by atoms with Gasteiger partial charge in [-0.05, 0) is 117 Å². The van der Waals surface area contributed by atoms with Gasteiger partial charge in [-0.3, -0.25) is 4.79 Å². The highest BCUT2D eigenvalue weighted by Gasteiger charge is 2.69. The van der Waals surface area contributed by atoms with E-state index in [0.717, 1.165) is 25.5 Å². The lowest BCUT2D eigenvalue weighted by molar-refractivity contribution is -0.220. The van der Waals surface area contributed by atoms with Gasteiger partial charge in [-0.2, -0.15) is 0 Å². The van der Waals surface area contributed by atoms with Gasteiger partial charge in [-0.1, -0.05) is 45.1 Å². The number of esters is 1. The Bertz CT molecular complexity index is 889. The summed E-state index contributed by atoms with van der Waals surface area (Å²) in [5.74, 6) is 2.68. The molecule has 0 radical (unpaired) electrons. The number of rotatable bonds is 7. The van der Waals surface area contributed by atoms with Crippen LogP contribution in [0.3, 0.4) is 0 Å². The Morgan fingerprint density at radius 1 is 0.914 bits per heavy atom. The third kappa shape index (κ3) is 3.89. The Balaban J connectivity index is 1.75. The molecule has 9 atom stereocenters. The number of fused-ring (bicyclic) bond motifs is 5. The fraction of sp³-hybridized carbons (Fsp3) is 0.812. The molecule has 196 valence electrons. The lowest BCUT2D eigenvalue weighted by Crippen LogP contribution is -2.64. The van der Waals surface area contributed by atoms with Crippen LogP contribution in [0.5, 0.6) is 0 Å². The molecule has 4 saturated carbocycles. The minimum atomic E-state index is -0.148. The summed E-state index contributed by atoms with van der Waals surface area (Å²) >= 11 is 0. The molecule has 0 aromatic rings. The van der Waals surface area contributed by atoms with Gasteiger partial charge in [0.15, 0.2) is 0 Å². The predicted octanol–water partition coefficient (Wildman–Crippen LogP) is 7.94. The summed E-state index contributed by atoms with van der Waals surface area (Å²) in [7, 11) is 0. The molecule has 0 unspecified atom stereocenters. The third-order valence-corrected chi connectivity index (χ3v) is 12.5. The summed E-state index contributed by atoms with van der Waals surface area (Å²) in [5, 5.41) is 0. The second-order valence-corrected chi connectivity index (χ2v) is 13.9. The number of hydrogen-bond acceptors (Lipinski definition) is 3. The molecule has 0 aliphatic heterocycles. The van der Waals surface area contributed by atoms with E-state index in [1.165, 1.54) is 49.7 Å². The molecular formula is C32H50O3. The van der Waals surface area contributed by atoms with Crippen LogP contribution in [-0.4, -0.2) is 18.9 Å². The van der Waals surface area contributed by atoms with Crippen molar-refractivity contribution in [2.45, 2.75) is 106 Å². The number of hydrogen-bond donors (Lipinski definition) is 0. The fourth-order valence-corrected chi connectivity index (χ4v) is 10.7. The number of carbonyl (C=O) groups excluding carboxylic acids is 2. The molecule has 0 heterocycles. The van der Waals surface area contributed by atoms with Crippen molar-refractivity contribution >= 4 is 12.3 Å². The Kier molecular flexibility index (Phi) is 6.99. The molecule has 0 aromatic heterocycles. The van der Waals surface area contributed by atoms with Gasteiger partial charge in [-0.15, -0.1) is 0 Å². The van der Waals surface area contributed by atoms with Crippen molar-refractivity contribution in [2.24, 2.45) is 51.2 Å². The molecule has 0 spiro atoms. The van der Waals surface area contributed by atoms with Crippen LogP contribution in [0.1, 0.15) is 106 Å². The molecular weight excluding hydrogens is 432 g/mol. The lowest BCUT2D eigenvalue weighted by Gasteiger charge is -2.71. The molecule has 4 rings (SSSR count). The van der Waals surface area contributed by atoms with Crippen molar-refractivity contribution < 1.29 is 14.3 Å². The van der Waals surface area contributed by atoms with E-state index < -0.39 is 0 Å². The maximum Gasteiger partial charge on any atom is 0.302 e. The van der Waals surface area contributed by atoms with Crippen LogP contribution < -0.4 is 0 Å². The van der Waals surface area contributed by atoms with Crippen LogP contribution in [0.25, 0.3) is 0 Å². The zero-order chi connectivity index (χ0) is 25.8. The van der Waals surface area contributed by atoms with E-state index in [2.05, 4.69) is 47.8 Å². The van der Waals surface area contributed by atoms with Gasteiger partial charge in [0.2, 0.25) is 0 Å². The Morgan fingerprint density at radius 2 is 1.63 bits per heavy atom. The lowest BCUT2D eigenvalue weighted by atomic mass is 9.34. The van der Waals surface area contributed by atoms with Gasteiger partial charge < -0.3 is 9.53 Å². The first kappa shape index (κ1) is 26.7. The Hall–Kier alpha value is -1.38. The average Bonchev–Trinajstić information content (AvgIpc) is 3.17. The first-order valence-corrected chi connectivity index (χ1v) is 14.2. The maximum absolute atomic E-state index is 11.8. The van der Waals surface area contributed by atoms with Crippen molar-refractivity contribution in [3.05, 3.63) is 24.3 Å². The second kappa shape index (κ2) is 9.18. The standard InChI is InChI=1S/C32H50O3/c1-21(2)24-12-16-32(20-35-23(5)34)18-17-30(7)26(28(24)32)10-11-27-29(6,14-9-19-33)25(22(3)4)13-15-31(27,30)8/h19,24-28H,1,3,9-18,20H2,2,4-8H3/t24-,25-,26+,27+,28+,29-,30+,31+,32+/m0/s1. The van der Waals surface area contributed by atoms with Crippen LogP contribution in [0.15, 0.2) is 24.3 Å². The summed E-state index contributed by atoms with van der Waals surface area (Å²) in [6.07, 6.45) is 12.4. The largest absolute Gasteiger partial charge is 0.465 e. The van der Waals surface area contributed by atoms with E-state index in [1.54, 1.807) is 6.92 Å². The van der Waals surface area contributed by atoms with Gasteiger partial charge in [0, 0.05) is 18.8 Å². The van der Waals surface area contributed by atoms with Crippen molar-refractivity contribution in [3.63, 3.8) is 0 Å². The first-order valence-electron chi connectivity index (χ1n) is 14.2. The minimum absolute atomic E-state index is 0.110. The second-order valence-electron chi connectivity index (χ2n) is 13.9. The van der Waals surface area contributed by atoms with E-state index in [-0.39, 0.29) is 27.6 Å². The summed E-state index contributed by atoms with van der Waals surface area (Å²) in [6.45, 7) is 23.2. The number of ether oxygens (including phenoxy) is 1. The summed E-state index contributed by atoms with van der Waals surface area (Å²) in [5.41, 5.74) is 3.35. The zero-order valence-corrected chi connectivity index (χ0v) is 23.4. The third-order valence-electron chi connectivity index (χ3n) is 12.5. The summed E-state index contributed by atoms with van der Waals surface area (Å²) in [4.78, 5) is 23.3. The van der Waals surface area contributed by atoms with Crippen molar-refractivity contribution in [3.8, 4) is 0 Å². The molecule has 0 bridgehead atoms. The first-order chi connectivity index (χ1) is 16.4. The number of allylic oxidation sites excluding steroid dienone is 2. The molecule has 4 aliphatic rings. The van der Waals surface area contributed by atoms with Gasteiger partial charge in [-0.25, -0.2) is 0 Å². The quantitative estimate of drug-likeness (QED) is 0.210. The van der Waals surface area contributed by atoms with E-state index in [9.17, 15) is 9.59 Å². The smallest absolute Gasteiger partial charge is 0.302 e. The average molecular weight is 483 g/mol. The molecule has 35 heavy (non-hydrogen) atoms. The van der Waals surface area contributed by atoms with Gasteiger partial charge in [0.25, 0.3) is 0 Å². The molecule has 3 heteroatoms. The SMILES string of the molecule is C=C(C)[C@@H]1CC[C@]2(COC(C)=O)CC[C@]3(C)[C@H](CC[C@@H]4[C@@](C)(CCC=O)[C@H](C(=C)C)CC[C@]43C)[C@@H]12. The monoisotopic (exact) mass is 482 g/mol. The van der Waals surface area contributed by atoms with Crippen LogP contribution in [0, 0.1) is 51.2 Å². The highest BCUT2D eigenvalue weighted by molar-refractivity contribution is 5.65. The topological polar surface area (TPSA) is 43.4 Å². The zero-order valence-electron chi connectivity index (χ0n) is 23.4. The van der Waals surface area contributed by atoms with Gasteiger partial charge in [0.1, 0.15) is 6.29 Å². The van der Waals surface area contributed by atoms with Crippen LogP contribution in [0.4, 0.5) is 0 Å². The predicted molar refractivity (Wildman–Crippen MR) is 143 cm³/mol. The molecule has 0 N–H and O–H groups in total. The Labute approximate surface area is 214 Å². The fourth-order valence-electron chi connectivity index (χ4n) is 10.7. The van der Waals surface area contributed by atoms with Gasteiger partial charge in [0.05, 0.1) is 6.61 Å². The normalized spacial score (nSPS) is 46.6. The van der Waals surface area contributed by atoms with Crippen molar-refractivity contribution in [1.82, 2.24) is 0 Å². The maximum atomic E-state index is 11.8. The molecule has 0 saturated heterocycles. The van der Waals surface area contributed by atoms with Crippen molar-refractivity contribution in [1.29, 1.82) is 0 Å². The molecule has 0 amide bonds. The Morgan fingerprint density at radius 3 is 2.23 bits per heavy atom. The summed E-state index contributed by atoms with van der Waals surface area (Å²) in [6, 6.07) is 0. The number of carbonyl (C=O) groups is 2. The molecule has 0 aromatic carbocycles. The van der Waals surface area contributed by atoms with E-state index in [1.807, 2.05) is 0 Å². The van der Waals surface area contributed by atoms with Crippen LogP contribution in [0.2, 0.25) is 0 Å². The highest BCUT2D eigenvalue weighted by atomic mass is 16.5.